The van der Waals surface area contributed by atoms with E-state index in [2.05, 4.69) is 13.0 Å². The van der Waals surface area contributed by atoms with E-state index in [0.717, 1.165) is 0 Å². The van der Waals surface area contributed by atoms with Gasteiger partial charge in [-0.25, -0.2) is 4.18 Å². The predicted molar refractivity (Wildman–Crippen MR) is 205 cm³/mol. The van der Waals surface area contributed by atoms with Crippen molar-refractivity contribution in [2.75, 3.05) is 26.9 Å². The van der Waals surface area contributed by atoms with Crippen LogP contribution in [-0.2, 0) is 38.3 Å². The lowest BCUT2D eigenvalue weighted by Crippen LogP contribution is -2.71. The van der Waals surface area contributed by atoms with E-state index in [9.17, 15) is 58.9 Å². The Labute approximate surface area is 346 Å². The van der Waals surface area contributed by atoms with Crippen molar-refractivity contribution in [3.05, 3.63) is 12.2 Å². The van der Waals surface area contributed by atoms with Crippen molar-refractivity contribution in [2.45, 2.75) is 158 Å². The van der Waals surface area contributed by atoms with Crippen LogP contribution in [0, 0.1) is 52.3 Å². The van der Waals surface area contributed by atoms with Crippen LogP contribution in [-0.4, -0.2) is 171 Å². The zero-order valence-corrected chi connectivity index (χ0v) is 35.5. The molecule has 2 saturated heterocycles. The molecule has 6 aliphatic rings. The highest BCUT2D eigenvalue weighted by Gasteiger charge is 2.72. The predicted octanol–water partition coefficient (Wildman–Crippen LogP) is -0.741. The van der Waals surface area contributed by atoms with Gasteiger partial charge in [-0.3, -0.25) is 4.55 Å². The van der Waals surface area contributed by atoms with E-state index in [1.54, 1.807) is 0 Å². The van der Waals surface area contributed by atoms with Gasteiger partial charge in [0.15, 0.2) is 12.6 Å². The highest BCUT2D eigenvalue weighted by molar-refractivity contribution is 7.80. The Morgan fingerprint density at radius 2 is 1.56 bits per heavy atom. The lowest BCUT2D eigenvalue weighted by atomic mass is 9.41. The summed E-state index contributed by atoms with van der Waals surface area (Å²) in [5.41, 5.74) is -3.09. The van der Waals surface area contributed by atoms with Gasteiger partial charge < -0.3 is 69.6 Å². The molecule has 4 aliphatic carbocycles. The quantitative estimate of drug-likeness (QED) is 0.0760. The molecule has 6 rings (SSSR count). The molecule has 0 aromatic heterocycles. The lowest BCUT2D eigenvalue weighted by Gasteiger charge is -2.66. The van der Waals surface area contributed by atoms with Gasteiger partial charge in [0.05, 0.1) is 49.8 Å². The van der Waals surface area contributed by atoms with E-state index in [-0.39, 0.29) is 49.7 Å². The fourth-order valence-electron chi connectivity index (χ4n) is 12.4. The minimum atomic E-state index is -5.00. The van der Waals surface area contributed by atoms with Gasteiger partial charge in [-0.2, -0.15) is 8.42 Å². The Bertz CT molecular complexity index is 1570. The van der Waals surface area contributed by atoms with E-state index < -0.39 is 131 Å². The first-order valence-electron chi connectivity index (χ1n) is 21.0. The topological polar surface area (TPSA) is 292 Å². The first-order chi connectivity index (χ1) is 27.5. The molecule has 59 heavy (non-hydrogen) atoms. The van der Waals surface area contributed by atoms with Crippen LogP contribution in [0.3, 0.4) is 0 Å². The summed E-state index contributed by atoms with van der Waals surface area (Å²) in [5.74, 6) is -2.44. The molecule has 18 nitrogen and oxygen atoms in total. The molecule has 2 heterocycles. The van der Waals surface area contributed by atoms with Gasteiger partial charge in [0.2, 0.25) is 0 Å². The normalized spacial score (nSPS) is 49.4. The lowest BCUT2D eigenvalue weighted by molar-refractivity contribution is -0.308. The van der Waals surface area contributed by atoms with Crippen molar-refractivity contribution in [2.24, 2.45) is 52.3 Å². The molecular formula is C40H68O18S. The van der Waals surface area contributed by atoms with Crippen molar-refractivity contribution in [1.82, 2.24) is 0 Å². The SMILES string of the molecule is CO[C@H]1[C@H](O[C@H]2[C@H](OC[C@@H](/C=C/[C@@H](C)[C@H]3C[C@@H](O)[C@@H]4[C@]3(C)CC[C@H]3[C@@]4(O)C[C@H](OS(=O)(=O)O)C4[C@@H](O)[C@@H](O)CC[C@@]43C)C(C)C)O[C@@H]([C@H](O)CO)[C@@H]2O)OC[C@@H](O)[C@@H]1O. The molecule has 1 unspecified atom stereocenters. The van der Waals surface area contributed by atoms with Crippen molar-refractivity contribution >= 4 is 10.4 Å². The standard InChI is InChI=1S/C40H68O18S/c1-18(2)20(16-54-37-34(31(48)32(56-37)24(44)15-41)57-36-33(53-6)30(47)25(45)17-55-36)8-7-19(3)21-13-23(43)35-38(21,4)12-10-27-39(5)11-9-22(42)29(46)28(39)26(14-40(27,35)49)58-59(50,51)52/h7-8,18-37,41-49H,9-17H2,1-6H3,(H,50,51,52)/b8-7+/t19-,20-,21-,22+,23-,24-,25-,26+,27-,28?,29+,30+,31+,32+,33-,34-,35-,36+,37-,38-,39-,40+/m1/s1. The van der Waals surface area contributed by atoms with Crippen LogP contribution in [0.1, 0.15) is 73.1 Å². The van der Waals surface area contributed by atoms with E-state index in [4.69, 9.17) is 27.9 Å². The van der Waals surface area contributed by atoms with Crippen molar-refractivity contribution in [3.63, 3.8) is 0 Å². The van der Waals surface area contributed by atoms with Gasteiger partial charge in [-0.1, -0.05) is 46.8 Å². The van der Waals surface area contributed by atoms with Crippen molar-refractivity contribution < 1.29 is 86.8 Å². The molecule has 19 heteroatoms. The first kappa shape index (κ1) is 47.5. The number of fused-ring (bicyclic) bond motifs is 5. The Kier molecular flexibility index (Phi) is 14.4. The summed E-state index contributed by atoms with van der Waals surface area (Å²) in [6.07, 6.45) is -10.5. The van der Waals surface area contributed by atoms with E-state index >= 15 is 0 Å². The minimum absolute atomic E-state index is 0.0350. The average Bonchev–Trinajstić information content (AvgIpc) is 3.61. The number of hydrogen-bond donors (Lipinski definition) is 10. The third-order valence-electron chi connectivity index (χ3n) is 15.4. The van der Waals surface area contributed by atoms with Crippen LogP contribution < -0.4 is 0 Å². The van der Waals surface area contributed by atoms with Gasteiger partial charge in [0.25, 0.3) is 0 Å². The minimum Gasteiger partial charge on any atom is -0.394 e. The number of ether oxygens (including phenoxy) is 5. The average molecular weight is 869 g/mol. The first-order valence-corrected chi connectivity index (χ1v) is 22.4. The second kappa shape index (κ2) is 17.9. The second-order valence-electron chi connectivity index (χ2n) is 19.1. The fraction of sp³-hybridized carbons (Fsp3) is 0.950. The monoisotopic (exact) mass is 868 g/mol. The number of hydrogen-bond acceptors (Lipinski definition) is 17. The van der Waals surface area contributed by atoms with Crippen LogP contribution in [0.15, 0.2) is 12.2 Å². The van der Waals surface area contributed by atoms with Gasteiger partial charge in [0, 0.05) is 31.3 Å². The van der Waals surface area contributed by atoms with Crippen LogP contribution in [0.2, 0.25) is 0 Å². The Balaban J connectivity index is 1.18. The maximum Gasteiger partial charge on any atom is 0.397 e. The molecule has 0 aromatic carbocycles. The Hall–Kier alpha value is -0.950. The summed E-state index contributed by atoms with van der Waals surface area (Å²) in [7, 11) is -3.70. The van der Waals surface area contributed by atoms with E-state index in [0.29, 0.717) is 25.7 Å². The van der Waals surface area contributed by atoms with Gasteiger partial charge in [-0.05, 0) is 66.6 Å². The fourth-order valence-corrected chi connectivity index (χ4v) is 12.9. The molecule has 4 saturated carbocycles. The number of methoxy groups -OCH3 is 1. The highest BCUT2D eigenvalue weighted by atomic mass is 32.3. The largest absolute Gasteiger partial charge is 0.397 e. The molecule has 6 fully saturated rings. The molecule has 0 spiro atoms. The molecule has 22 atom stereocenters. The number of aliphatic hydroxyl groups excluding tert-OH is 8. The molecule has 0 aromatic rings. The molecule has 2 aliphatic heterocycles. The molecular weight excluding hydrogens is 800 g/mol. The van der Waals surface area contributed by atoms with E-state index in [1.165, 1.54) is 7.11 Å². The number of aliphatic hydroxyl groups is 9. The van der Waals surface area contributed by atoms with Gasteiger partial charge in [0.1, 0.15) is 42.7 Å². The summed E-state index contributed by atoms with van der Waals surface area (Å²) in [6, 6.07) is 0. The zero-order chi connectivity index (χ0) is 43.6. The number of rotatable bonds is 14. The summed E-state index contributed by atoms with van der Waals surface area (Å²) in [6.45, 7) is 9.07. The maximum atomic E-state index is 12.8. The smallest absolute Gasteiger partial charge is 0.394 e. The van der Waals surface area contributed by atoms with Gasteiger partial charge in [-0.15, -0.1) is 0 Å². The summed E-state index contributed by atoms with van der Waals surface area (Å²) in [5, 5.41) is 98.2. The number of allylic oxidation sites excluding steroid dienone is 1. The van der Waals surface area contributed by atoms with E-state index in [1.807, 2.05) is 33.8 Å². The zero-order valence-electron chi connectivity index (χ0n) is 34.7. The Morgan fingerprint density at radius 1 is 0.881 bits per heavy atom. The third kappa shape index (κ3) is 8.81. The molecule has 0 radical (unpaired) electrons. The Morgan fingerprint density at radius 3 is 2.19 bits per heavy atom. The van der Waals surface area contributed by atoms with Crippen LogP contribution in [0.4, 0.5) is 0 Å². The van der Waals surface area contributed by atoms with Crippen molar-refractivity contribution in [1.29, 1.82) is 0 Å². The molecule has 0 amide bonds. The maximum absolute atomic E-state index is 12.8. The third-order valence-corrected chi connectivity index (χ3v) is 15.9. The summed E-state index contributed by atoms with van der Waals surface area (Å²) >= 11 is 0. The highest BCUT2D eigenvalue weighted by Crippen LogP contribution is 2.70. The van der Waals surface area contributed by atoms with Crippen LogP contribution in [0.5, 0.6) is 0 Å². The summed E-state index contributed by atoms with van der Waals surface area (Å²) in [4.78, 5) is 0. The van der Waals surface area contributed by atoms with Crippen LogP contribution >= 0.6 is 0 Å². The molecule has 342 valence electrons. The molecule has 0 bridgehead atoms. The van der Waals surface area contributed by atoms with Crippen molar-refractivity contribution in [3.8, 4) is 0 Å². The molecule has 10 N–H and O–H groups in total. The second-order valence-corrected chi connectivity index (χ2v) is 20.2. The van der Waals surface area contributed by atoms with Gasteiger partial charge >= 0.3 is 10.4 Å². The van der Waals surface area contributed by atoms with Crippen LogP contribution in [0.25, 0.3) is 0 Å². The summed E-state index contributed by atoms with van der Waals surface area (Å²) < 4.78 is 68.2.